The van der Waals surface area contributed by atoms with Crippen molar-refractivity contribution >= 4 is 15.7 Å². The Balaban J connectivity index is 2.58. The van der Waals surface area contributed by atoms with Gasteiger partial charge in [-0.05, 0) is 6.92 Å². The van der Waals surface area contributed by atoms with Gasteiger partial charge in [-0.2, -0.15) is 0 Å². The third-order valence-corrected chi connectivity index (χ3v) is 5.32. The Hall–Kier alpha value is -0.920. The Bertz CT molecular complexity index is 413. The molecule has 0 spiro atoms. The number of hydrogen-bond donors (Lipinski definition) is 1. The molecule has 0 aromatic rings. The van der Waals surface area contributed by atoms with E-state index in [0.29, 0.717) is 32.7 Å². The first-order chi connectivity index (χ1) is 8.92. The highest BCUT2D eigenvalue weighted by atomic mass is 32.2. The van der Waals surface area contributed by atoms with Gasteiger partial charge in [0.15, 0.2) is 9.84 Å². The highest BCUT2D eigenvalue weighted by Gasteiger charge is 2.32. The lowest BCUT2D eigenvalue weighted by molar-refractivity contribution is -0.132. The molecule has 6 nitrogen and oxygen atoms in total. The van der Waals surface area contributed by atoms with Gasteiger partial charge >= 0.3 is 0 Å². The quantitative estimate of drug-likeness (QED) is 0.642. The first kappa shape index (κ1) is 16.1. The number of aliphatic hydroxyl groups excluding tert-OH is 1. The highest BCUT2D eigenvalue weighted by molar-refractivity contribution is 7.92. The van der Waals surface area contributed by atoms with E-state index < -0.39 is 15.1 Å². The van der Waals surface area contributed by atoms with Crippen molar-refractivity contribution in [1.29, 1.82) is 0 Å². The zero-order valence-corrected chi connectivity index (χ0v) is 12.1. The monoisotopic (exact) mass is 290 g/mol. The molecular weight excluding hydrogens is 268 g/mol. The predicted octanol–water partition coefficient (Wildman–Crippen LogP) is -0.888. The second-order valence-corrected chi connectivity index (χ2v) is 7.02. The lowest BCUT2D eigenvalue weighted by Gasteiger charge is -2.35. The van der Waals surface area contributed by atoms with E-state index in [0.717, 1.165) is 0 Å². The molecule has 1 atom stereocenters. The zero-order valence-electron chi connectivity index (χ0n) is 11.3. The molecule has 1 N–H and O–H groups in total. The Labute approximate surface area is 114 Å². The van der Waals surface area contributed by atoms with Gasteiger partial charge in [0, 0.05) is 32.7 Å². The molecule has 1 unspecified atom stereocenters. The number of nitrogens with zero attached hydrogens (tertiary/aromatic N) is 2. The summed E-state index contributed by atoms with van der Waals surface area (Å²) in [6, 6.07) is 0. The van der Waals surface area contributed by atoms with Gasteiger partial charge in [-0.1, -0.05) is 6.08 Å². The number of hydrogen-bond acceptors (Lipinski definition) is 5. The Morgan fingerprint density at radius 2 is 1.95 bits per heavy atom. The molecule has 0 aromatic heterocycles. The van der Waals surface area contributed by atoms with Crippen LogP contribution in [0.25, 0.3) is 0 Å². The summed E-state index contributed by atoms with van der Waals surface area (Å²) < 4.78 is 23.6. The van der Waals surface area contributed by atoms with E-state index in [1.165, 1.54) is 13.0 Å². The minimum atomic E-state index is -3.45. The second-order valence-electron chi connectivity index (χ2n) is 4.65. The van der Waals surface area contributed by atoms with E-state index in [4.69, 9.17) is 5.11 Å². The van der Waals surface area contributed by atoms with Crippen LogP contribution in [0.2, 0.25) is 0 Å². The number of carbonyl (C=O) groups excluding carboxylic acids is 1. The van der Waals surface area contributed by atoms with E-state index in [9.17, 15) is 13.2 Å². The summed E-state index contributed by atoms with van der Waals surface area (Å²) in [5.74, 6) is -0.518. The van der Waals surface area contributed by atoms with Crippen LogP contribution >= 0.6 is 0 Å². The van der Waals surface area contributed by atoms with Crippen molar-refractivity contribution in [3.8, 4) is 0 Å². The number of β-amino-alcohol motifs (C(OH)–C–C–N with tert-alkyl or cyclic N) is 1. The summed E-state index contributed by atoms with van der Waals surface area (Å²) in [5, 5.41) is 7.82. The van der Waals surface area contributed by atoms with Crippen molar-refractivity contribution in [1.82, 2.24) is 9.80 Å². The molecule has 110 valence electrons. The fraction of sp³-hybridized carbons (Fsp3) is 0.750. The number of rotatable bonds is 6. The minimum Gasteiger partial charge on any atom is -0.395 e. The van der Waals surface area contributed by atoms with Crippen LogP contribution in [0.3, 0.4) is 0 Å². The molecule has 0 radical (unpaired) electrons. The predicted molar refractivity (Wildman–Crippen MR) is 73.6 cm³/mol. The van der Waals surface area contributed by atoms with E-state index in [2.05, 4.69) is 6.58 Å². The van der Waals surface area contributed by atoms with Crippen LogP contribution in [0.5, 0.6) is 0 Å². The SMILES string of the molecule is C=CCS(=O)(=O)C(C)C(=O)N1CCN(CCO)CC1. The van der Waals surface area contributed by atoms with Crippen molar-refractivity contribution in [2.75, 3.05) is 45.1 Å². The number of carbonyl (C=O) groups is 1. The highest BCUT2D eigenvalue weighted by Crippen LogP contribution is 2.10. The molecule has 0 bridgehead atoms. The van der Waals surface area contributed by atoms with Crippen LogP contribution in [-0.2, 0) is 14.6 Å². The molecule has 1 heterocycles. The molecule has 1 rings (SSSR count). The smallest absolute Gasteiger partial charge is 0.240 e. The number of piperazine rings is 1. The number of amides is 1. The van der Waals surface area contributed by atoms with Crippen LogP contribution in [0, 0.1) is 0 Å². The molecule has 0 saturated carbocycles. The van der Waals surface area contributed by atoms with Crippen molar-refractivity contribution < 1.29 is 18.3 Å². The van der Waals surface area contributed by atoms with Crippen LogP contribution in [0.4, 0.5) is 0 Å². The van der Waals surface area contributed by atoms with Gasteiger partial charge in [-0.25, -0.2) is 8.42 Å². The molecule has 1 fully saturated rings. The van der Waals surface area contributed by atoms with Crippen LogP contribution in [0.1, 0.15) is 6.92 Å². The molecule has 7 heteroatoms. The summed E-state index contributed by atoms with van der Waals surface area (Å²) in [6.45, 7) is 7.86. The maximum Gasteiger partial charge on any atom is 0.240 e. The van der Waals surface area contributed by atoms with Gasteiger partial charge in [-0.15, -0.1) is 6.58 Å². The lowest BCUT2D eigenvalue weighted by Crippen LogP contribution is -2.52. The first-order valence-electron chi connectivity index (χ1n) is 6.37. The van der Waals surface area contributed by atoms with Crippen molar-refractivity contribution in [2.45, 2.75) is 12.2 Å². The Morgan fingerprint density at radius 1 is 1.37 bits per heavy atom. The van der Waals surface area contributed by atoms with Crippen LogP contribution in [0.15, 0.2) is 12.7 Å². The van der Waals surface area contributed by atoms with E-state index >= 15 is 0 Å². The molecule has 1 saturated heterocycles. The normalized spacial score (nSPS) is 19.2. The van der Waals surface area contributed by atoms with Crippen molar-refractivity contribution in [2.24, 2.45) is 0 Å². The maximum atomic E-state index is 12.1. The van der Waals surface area contributed by atoms with Crippen LogP contribution in [-0.4, -0.2) is 79.6 Å². The van der Waals surface area contributed by atoms with Gasteiger partial charge in [0.2, 0.25) is 5.91 Å². The minimum absolute atomic E-state index is 0.0953. The average Bonchev–Trinajstić information content (AvgIpc) is 2.38. The molecule has 0 aromatic carbocycles. The molecule has 19 heavy (non-hydrogen) atoms. The van der Waals surface area contributed by atoms with Crippen LogP contribution < -0.4 is 0 Å². The van der Waals surface area contributed by atoms with Crippen molar-refractivity contribution in [3.05, 3.63) is 12.7 Å². The van der Waals surface area contributed by atoms with E-state index in [-0.39, 0.29) is 18.3 Å². The largest absolute Gasteiger partial charge is 0.395 e. The van der Waals surface area contributed by atoms with E-state index in [1.807, 2.05) is 4.90 Å². The standard InChI is InChI=1S/C12H22N2O4S/c1-3-10-19(17,18)11(2)12(16)14-6-4-13(5-7-14)8-9-15/h3,11,15H,1,4-10H2,2H3. The molecular formula is C12H22N2O4S. The second kappa shape index (κ2) is 7.02. The average molecular weight is 290 g/mol. The molecule has 1 aliphatic rings. The third-order valence-electron chi connectivity index (χ3n) is 3.34. The molecule has 1 aliphatic heterocycles. The van der Waals surface area contributed by atoms with Gasteiger partial charge in [0.05, 0.1) is 12.4 Å². The fourth-order valence-corrected chi connectivity index (χ4v) is 3.13. The number of sulfone groups is 1. The summed E-state index contributed by atoms with van der Waals surface area (Å²) in [4.78, 5) is 15.8. The summed E-state index contributed by atoms with van der Waals surface area (Å²) in [5.41, 5.74) is 0. The topological polar surface area (TPSA) is 77.9 Å². The van der Waals surface area contributed by atoms with E-state index in [1.54, 1.807) is 4.90 Å². The molecule has 1 amide bonds. The van der Waals surface area contributed by atoms with Gasteiger partial charge in [0.1, 0.15) is 5.25 Å². The Kier molecular flexibility index (Phi) is 5.96. The van der Waals surface area contributed by atoms with Gasteiger partial charge in [0.25, 0.3) is 0 Å². The third kappa shape index (κ3) is 4.29. The summed E-state index contributed by atoms with van der Waals surface area (Å²) in [7, 11) is -3.45. The first-order valence-corrected chi connectivity index (χ1v) is 8.08. The summed E-state index contributed by atoms with van der Waals surface area (Å²) >= 11 is 0. The molecule has 0 aliphatic carbocycles. The van der Waals surface area contributed by atoms with Gasteiger partial charge < -0.3 is 10.0 Å². The van der Waals surface area contributed by atoms with Crippen molar-refractivity contribution in [3.63, 3.8) is 0 Å². The number of aliphatic hydroxyl groups is 1. The summed E-state index contributed by atoms with van der Waals surface area (Å²) in [6.07, 6.45) is 1.30. The maximum absolute atomic E-state index is 12.1. The fourth-order valence-electron chi connectivity index (χ4n) is 2.05. The lowest BCUT2D eigenvalue weighted by atomic mass is 10.3. The Morgan fingerprint density at radius 3 is 2.42 bits per heavy atom. The zero-order chi connectivity index (χ0) is 14.5. The van der Waals surface area contributed by atoms with Gasteiger partial charge in [-0.3, -0.25) is 9.69 Å².